The number of anilines is 3. The number of aryl methyl sites for hydroxylation is 1. The fourth-order valence-corrected chi connectivity index (χ4v) is 2.73. The zero-order valence-corrected chi connectivity index (χ0v) is 15.6. The van der Waals surface area contributed by atoms with Crippen molar-refractivity contribution in [2.75, 3.05) is 16.8 Å². The fourth-order valence-electron chi connectivity index (χ4n) is 2.05. The number of hydrogen-bond donors (Lipinski definition) is 3. The summed E-state index contributed by atoms with van der Waals surface area (Å²) < 4.78 is 0. The molecular weight excluding hydrogens is 336 g/mol. The molecule has 1 atom stereocenters. The number of para-hydroxylation sites is 1. The minimum absolute atomic E-state index is 0.0136. The van der Waals surface area contributed by atoms with Crippen LogP contribution in [0.1, 0.15) is 31.7 Å². The van der Waals surface area contributed by atoms with Crippen LogP contribution in [0.2, 0.25) is 0 Å². The number of thioether (sulfide) groups is 1. The molecule has 7 nitrogen and oxygen atoms in total. The predicted octanol–water partition coefficient (Wildman–Crippen LogP) is 2.65. The van der Waals surface area contributed by atoms with Crippen LogP contribution in [0.3, 0.4) is 0 Å². The number of nitrogens with one attached hydrogen (secondary N) is 2. The summed E-state index contributed by atoms with van der Waals surface area (Å²) in [7, 11) is 0. The second-order valence-corrected chi connectivity index (χ2v) is 6.73. The van der Waals surface area contributed by atoms with E-state index in [0.717, 1.165) is 17.7 Å². The van der Waals surface area contributed by atoms with Crippen LogP contribution in [0.5, 0.6) is 0 Å². The Bertz CT molecular complexity index is 724. The molecule has 1 heterocycles. The van der Waals surface area contributed by atoms with E-state index >= 15 is 0 Å². The van der Waals surface area contributed by atoms with E-state index in [1.54, 1.807) is 0 Å². The summed E-state index contributed by atoms with van der Waals surface area (Å²) in [5.41, 5.74) is 7.77. The predicted molar refractivity (Wildman–Crippen MR) is 103 cm³/mol. The molecule has 134 valence electrons. The van der Waals surface area contributed by atoms with Crippen LogP contribution in [0, 0.1) is 6.92 Å². The first-order valence-electron chi connectivity index (χ1n) is 8.18. The maximum absolute atomic E-state index is 11.8. The van der Waals surface area contributed by atoms with Gasteiger partial charge in [0.1, 0.15) is 5.82 Å². The number of carbonyl (C=O) groups is 1. The van der Waals surface area contributed by atoms with Gasteiger partial charge < -0.3 is 16.4 Å². The lowest BCUT2D eigenvalue weighted by molar-refractivity contribution is -0.119. The number of nitrogens with two attached hydrogens (primary N) is 1. The van der Waals surface area contributed by atoms with E-state index in [0.29, 0.717) is 23.3 Å². The van der Waals surface area contributed by atoms with E-state index in [2.05, 4.69) is 25.6 Å². The van der Waals surface area contributed by atoms with Gasteiger partial charge in [0.2, 0.25) is 17.8 Å². The zero-order chi connectivity index (χ0) is 18.2. The Kier molecular flexibility index (Phi) is 7.00. The first-order valence-corrected chi connectivity index (χ1v) is 9.33. The summed E-state index contributed by atoms with van der Waals surface area (Å²) in [4.78, 5) is 24.4. The lowest BCUT2D eigenvalue weighted by Crippen LogP contribution is -2.33. The van der Waals surface area contributed by atoms with Gasteiger partial charge in [-0.15, -0.1) is 11.8 Å². The lowest BCUT2D eigenvalue weighted by Gasteiger charge is -2.11. The van der Waals surface area contributed by atoms with Crippen molar-refractivity contribution in [1.29, 1.82) is 0 Å². The number of benzene rings is 1. The molecule has 0 unspecified atom stereocenters. The molecule has 0 saturated carbocycles. The minimum Gasteiger partial charge on any atom is -0.368 e. The minimum atomic E-state index is 0.0136. The highest BCUT2D eigenvalue weighted by Gasteiger charge is 2.09. The topological polar surface area (TPSA) is 106 Å². The van der Waals surface area contributed by atoms with Gasteiger partial charge in [-0.3, -0.25) is 4.79 Å². The SMILES string of the molecule is CC[C@@H](C)NC(=O)CSCc1nc(N)nc(Nc2ccccc2C)n1. The summed E-state index contributed by atoms with van der Waals surface area (Å²) in [6.07, 6.45) is 0.911. The van der Waals surface area contributed by atoms with E-state index in [-0.39, 0.29) is 17.9 Å². The van der Waals surface area contributed by atoms with Gasteiger partial charge in [0.05, 0.1) is 11.5 Å². The van der Waals surface area contributed by atoms with Crippen molar-refractivity contribution in [3.05, 3.63) is 35.7 Å². The fraction of sp³-hybridized carbons (Fsp3) is 0.412. The second kappa shape index (κ2) is 9.22. The molecule has 1 aromatic heterocycles. The maximum atomic E-state index is 11.8. The number of rotatable bonds is 8. The van der Waals surface area contributed by atoms with Crippen molar-refractivity contribution < 1.29 is 4.79 Å². The van der Waals surface area contributed by atoms with Gasteiger partial charge in [-0.1, -0.05) is 25.1 Å². The molecule has 0 aliphatic carbocycles. The number of nitrogens with zero attached hydrogens (tertiary/aromatic N) is 3. The van der Waals surface area contributed by atoms with Gasteiger partial charge >= 0.3 is 0 Å². The average molecular weight is 360 g/mol. The molecule has 0 fully saturated rings. The molecule has 0 saturated heterocycles. The Morgan fingerprint density at radius 3 is 2.76 bits per heavy atom. The van der Waals surface area contributed by atoms with Crippen molar-refractivity contribution >= 4 is 35.3 Å². The first kappa shape index (κ1) is 19.0. The smallest absolute Gasteiger partial charge is 0.232 e. The van der Waals surface area contributed by atoms with E-state index in [4.69, 9.17) is 5.73 Å². The summed E-state index contributed by atoms with van der Waals surface area (Å²) >= 11 is 1.45. The van der Waals surface area contributed by atoms with Crippen LogP contribution >= 0.6 is 11.8 Å². The standard InChI is InChI=1S/C17H24N6OS/c1-4-12(3)19-15(24)10-25-9-14-21-16(18)23-17(22-14)20-13-8-6-5-7-11(13)2/h5-8,12H,4,9-10H2,1-3H3,(H,19,24)(H3,18,20,21,22,23)/t12-/m1/s1. The Hall–Kier alpha value is -2.35. The van der Waals surface area contributed by atoms with Crippen LogP contribution in [-0.2, 0) is 10.5 Å². The highest BCUT2D eigenvalue weighted by molar-refractivity contribution is 7.99. The van der Waals surface area contributed by atoms with Crippen molar-refractivity contribution in [3.63, 3.8) is 0 Å². The molecule has 1 aromatic carbocycles. The van der Waals surface area contributed by atoms with Crippen molar-refractivity contribution in [2.45, 2.75) is 39.0 Å². The monoisotopic (exact) mass is 360 g/mol. The molecule has 25 heavy (non-hydrogen) atoms. The van der Waals surface area contributed by atoms with E-state index in [1.807, 2.05) is 45.0 Å². The largest absolute Gasteiger partial charge is 0.368 e. The number of aromatic nitrogens is 3. The highest BCUT2D eigenvalue weighted by atomic mass is 32.2. The van der Waals surface area contributed by atoms with E-state index in [9.17, 15) is 4.79 Å². The molecule has 4 N–H and O–H groups in total. The number of carbonyl (C=O) groups excluding carboxylic acids is 1. The number of nitrogen functional groups attached to an aromatic ring is 1. The quantitative estimate of drug-likeness (QED) is 0.664. The van der Waals surface area contributed by atoms with Crippen molar-refractivity contribution in [3.8, 4) is 0 Å². The summed E-state index contributed by atoms with van der Waals surface area (Å²) in [5.74, 6) is 1.97. The van der Waals surface area contributed by atoms with E-state index in [1.165, 1.54) is 11.8 Å². The van der Waals surface area contributed by atoms with Crippen molar-refractivity contribution in [1.82, 2.24) is 20.3 Å². The maximum Gasteiger partial charge on any atom is 0.232 e. The lowest BCUT2D eigenvalue weighted by atomic mass is 10.2. The molecule has 0 bridgehead atoms. The molecule has 8 heteroatoms. The van der Waals surface area contributed by atoms with Crippen LogP contribution in [0.4, 0.5) is 17.6 Å². The normalized spacial score (nSPS) is 11.8. The van der Waals surface area contributed by atoms with E-state index < -0.39 is 0 Å². The van der Waals surface area contributed by atoms with Gasteiger partial charge in [0, 0.05) is 11.7 Å². The molecule has 0 spiro atoms. The summed E-state index contributed by atoms with van der Waals surface area (Å²) in [6.45, 7) is 6.02. The van der Waals surface area contributed by atoms with Gasteiger partial charge in [-0.05, 0) is 31.9 Å². The molecule has 0 aliphatic heterocycles. The Labute approximate surface area is 152 Å². The third-order valence-electron chi connectivity index (χ3n) is 3.57. The Balaban J connectivity index is 1.95. The van der Waals surface area contributed by atoms with Gasteiger partial charge in [0.15, 0.2) is 0 Å². The summed E-state index contributed by atoms with van der Waals surface area (Å²) in [6, 6.07) is 8.04. The number of amides is 1. The Morgan fingerprint density at radius 1 is 1.28 bits per heavy atom. The van der Waals surface area contributed by atoms with Crippen molar-refractivity contribution in [2.24, 2.45) is 0 Å². The zero-order valence-electron chi connectivity index (χ0n) is 14.7. The second-order valence-electron chi connectivity index (χ2n) is 5.74. The number of hydrogen-bond acceptors (Lipinski definition) is 7. The molecule has 1 amide bonds. The van der Waals surface area contributed by atoms with Gasteiger partial charge in [0.25, 0.3) is 0 Å². The average Bonchev–Trinajstić information content (AvgIpc) is 2.56. The molecule has 0 radical (unpaired) electrons. The Morgan fingerprint density at radius 2 is 2.04 bits per heavy atom. The molecule has 2 aromatic rings. The van der Waals surface area contributed by atoms with Crippen LogP contribution in [0.15, 0.2) is 24.3 Å². The van der Waals surface area contributed by atoms with Crippen LogP contribution in [-0.4, -0.2) is 32.7 Å². The molecule has 0 aliphatic rings. The highest BCUT2D eigenvalue weighted by Crippen LogP contribution is 2.18. The van der Waals surface area contributed by atoms with Crippen LogP contribution in [0.25, 0.3) is 0 Å². The van der Waals surface area contributed by atoms with Crippen LogP contribution < -0.4 is 16.4 Å². The summed E-state index contributed by atoms with van der Waals surface area (Å²) in [5, 5.41) is 6.08. The molecular formula is C17H24N6OS. The van der Waals surface area contributed by atoms with Gasteiger partial charge in [-0.25, -0.2) is 0 Å². The molecule has 2 rings (SSSR count). The van der Waals surface area contributed by atoms with Gasteiger partial charge in [-0.2, -0.15) is 15.0 Å². The third kappa shape index (κ3) is 6.22. The first-order chi connectivity index (χ1) is 12.0. The third-order valence-corrected chi connectivity index (χ3v) is 4.50.